The van der Waals surface area contributed by atoms with Crippen LogP contribution in [-0.4, -0.2) is 48.9 Å². The van der Waals surface area contributed by atoms with Crippen LogP contribution >= 0.6 is 0 Å². The number of nitrogens with zero attached hydrogens (tertiary/aromatic N) is 2. The molecule has 0 bridgehead atoms. The lowest BCUT2D eigenvalue weighted by Gasteiger charge is -2.29. The zero-order valence-electron chi connectivity index (χ0n) is 12.9. The van der Waals surface area contributed by atoms with Gasteiger partial charge in [-0.05, 0) is 30.4 Å². The number of carbonyl (C=O) groups excluding carboxylic acids is 1. The summed E-state index contributed by atoms with van der Waals surface area (Å²) in [5, 5.41) is 0. The normalized spacial score (nSPS) is 18.4. The van der Waals surface area contributed by atoms with Crippen LogP contribution in [0.2, 0.25) is 0 Å². The minimum Gasteiger partial charge on any atom is -0.338 e. The van der Waals surface area contributed by atoms with Crippen LogP contribution in [-0.2, 0) is 27.8 Å². The van der Waals surface area contributed by atoms with Gasteiger partial charge in [-0.1, -0.05) is 24.3 Å². The molecule has 22 heavy (non-hydrogen) atoms. The van der Waals surface area contributed by atoms with Gasteiger partial charge < -0.3 is 4.90 Å². The Labute approximate surface area is 132 Å². The Morgan fingerprint density at radius 3 is 2.59 bits per heavy atom. The minimum atomic E-state index is -3.21. The van der Waals surface area contributed by atoms with E-state index in [1.807, 2.05) is 17.0 Å². The van der Waals surface area contributed by atoms with Gasteiger partial charge >= 0.3 is 0 Å². The second kappa shape index (κ2) is 6.01. The first-order valence-corrected chi connectivity index (χ1v) is 9.61. The smallest absolute Gasteiger partial charge is 0.224 e. The maximum absolute atomic E-state index is 12.4. The Hall–Kier alpha value is -1.40. The molecule has 0 radical (unpaired) electrons. The fourth-order valence-corrected chi connectivity index (χ4v) is 4.23. The van der Waals surface area contributed by atoms with Crippen LogP contribution < -0.4 is 0 Å². The summed E-state index contributed by atoms with van der Waals surface area (Å²) in [5.41, 5.74) is 2.51. The molecule has 0 spiro atoms. The molecule has 2 aliphatic rings. The maximum atomic E-state index is 12.4. The predicted octanol–water partition coefficient (Wildman–Crippen LogP) is 1.39. The van der Waals surface area contributed by atoms with E-state index in [1.54, 1.807) is 0 Å². The van der Waals surface area contributed by atoms with Gasteiger partial charge in [-0.25, -0.2) is 8.42 Å². The summed E-state index contributed by atoms with van der Waals surface area (Å²) in [7, 11) is -3.21. The van der Waals surface area contributed by atoms with Crippen LogP contribution in [0.25, 0.3) is 0 Å². The molecule has 0 saturated heterocycles. The van der Waals surface area contributed by atoms with Crippen LogP contribution in [0.3, 0.4) is 0 Å². The van der Waals surface area contributed by atoms with Gasteiger partial charge in [0.1, 0.15) is 0 Å². The molecular formula is C16H22N2O3S. The summed E-state index contributed by atoms with van der Waals surface area (Å²) >= 11 is 0. The number of carbonyl (C=O) groups is 1. The molecule has 1 aliphatic carbocycles. The van der Waals surface area contributed by atoms with Gasteiger partial charge in [0.15, 0.2) is 0 Å². The fourth-order valence-electron chi connectivity index (χ4n) is 3.05. The third kappa shape index (κ3) is 3.50. The molecule has 1 fully saturated rings. The number of hydrogen-bond acceptors (Lipinski definition) is 3. The number of amides is 1. The van der Waals surface area contributed by atoms with Crippen molar-refractivity contribution in [2.45, 2.75) is 38.3 Å². The van der Waals surface area contributed by atoms with Gasteiger partial charge in [0, 0.05) is 32.1 Å². The van der Waals surface area contributed by atoms with Gasteiger partial charge in [-0.3, -0.25) is 4.79 Å². The van der Waals surface area contributed by atoms with Crippen molar-refractivity contribution in [3.63, 3.8) is 0 Å². The maximum Gasteiger partial charge on any atom is 0.224 e. The van der Waals surface area contributed by atoms with Crippen LogP contribution in [0, 0.1) is 0 Å². The molecule has 1 saturated carbocycles. The third-order valence-electron chi connectivity index (χ3n) is 4.41. The van der Waals surface area contributed by atoms with Crippen LogP contribution in [0.1, 0.15) is 30.4 Å². The largest absolute Gasteiger partial charge is 0.338 e. The fraction of sp³-hybridized carbons (Fsp3) is 0.562. The molecule has 0 unspecified atom stereocenters. The summed E-state index contributed by atoms with van der Waals surface area (Å²) in [4.78, 5) is 14.2. The second-order valence-corrected chi connectivity index (χ2v) is 8.12. The number of hydrogen-bond donors (Lipinski definition) is 0. The Morgan fingerprint density at radius 2 is 1.95 bits per heavy atom. The first-order chi connectivity index (χ1) is 10.4. The van der Waals surface area contributed by atoms with E-state index in [0.717, 1.165) is 25.8 Å². The zero-order chi connectivity index (χ0) is 15.7. The summed E-state index contributed by atoms with van der Waals surface area (Å²) < 4.78 is 25.0. The van der Waals surface area contributed by atoms with Crippen LogP contribution in [0.15, 0.2) is 24.3 Å². The van der Waals surface area contributed by atoms with Crippen molar-refractivity contribution in [3.8, 4) is 0 Å². The molecule has 3 rings (SSSR count). The third-order valence-corrected chi connectivity index (χ3v) is 5.74. The molecule has 120 valence electrons. The molecule has 1 aromatic rings. The van der Waals surface area contributed by atoms with Gasteiger partial charge in [0.05, 0.1) is 6.26 Å². The SMILES string of the molecule is CS(=O)(=O)N(CCC(=O)N1CCc2ccccc2C1)C1CC1. The van der Waals surface area contributed by atoms with E-state index in [1.165, 1.54) is 21.7 Å². The lowest BCUT2D eigenvalue weighted by molar-refractivity contribution is -0.132. The van der Waals surface area contributed by atoms with E-state index in [4.69, 9.17) is 0 Å². The molecule has 1 heterocycles. The molecule has 5 nitrogen and oxygen atoms in total. The molecule has 6 heteroatoms. The summed E-state index contributed by atoms with van der Waals surface area (Å²) in [6.45, 7) is 1.66. The molecule has 0 aromatic heterocycles. The summed E-state index contributed by atoms with van der Waals surface area (Å²) in [5.74, 6) is 0.0452. The van der Waals surface area contributed by atoms with E-state index in [9.17, 15) is 13.2 Å². The number of rotatable bonds is 5. The van der Waals surface area contributed by atoms with E-state index in [-0.39, 0.29) is 18.4 Å². The molecular weight excluding hydrogens is 300 g/mol. The van der Waals surface area contributed by atoms with E-state index in [0.29, 0.717) is 13.1 Å². The van der Waals surface area contributed by atoms with Crippen molar-refractivity contribution < 1.29 is 13.2 Å². The number of sulfonamides is 1. The van der Waals surface area contributed by atoms with Crippen LogP contribution in [0.4, 0.5) is 0 Å². The van der Waals surface area contributed by atoms with E-state index in [2.05, 4.69) is 12.1 Å². The van der Waals surface area contributed by atoms with Crippen molar-refractivity contribution in [3.05, 3.63) is 35.4 Å². The quantitative estimate of drug-likeness (QED) is 0.823. The monoisotopic (exact) mass is 322 g/mol. The van der Waals surface area contributed by atoms with Crippen molar-refractivity contribution in [1.82, 2.24) is 9.21 Å². The number of fused-ring (bicyclic) bond motifs is 1. The molecule has 0 N–H and O–H groups in total. The molecule has 0 atom stereocenters. The van der Waals surface area contributed by atoms with E-state index < -0.39 is 10.0 Å². The lowest BCUT2D eigenvalue weighted by Crippen LogP contribution is -2.39. The van der Waals surface area contributed by atoms with Crippen molar-refractivity contribution in [2.24, 2.45) is 0 Å². The average Bonchev–Trinajstić information content (AvgIpc) is 3.30. The highest BCUT2D eigenvalue weighted by Crippen LogP contribution is 2.29. The lowest BCUT2D eigenvalue weighted by atomic mass is 10.00. The minimum absolute atomic E-state index is 0.0452. The highest BCUT2D eigenvalue weighted by molar-refractivity contribution is 7.88. The van der Waals surface area contributed by atoms with Crippen molar-refractivity contribution in [1.29, 1.82) is 0 Å². The standard InChI is InChI=1S/C16H22N2O3S/c1-22(20,21)18(15-6-7-15)11-9-16(19)17-10-8-13-4-2-3-5-14(13)12-17/h2-5,15H,6-12H2,1H3. The Bertz CT molecular complexity index is 668. The number of benzene rings is 1. The van der Waals surface area contributed by atoms with Gasteiger partial charge in [0.2, 0.25) is 15.9 Å². The van der Waals surface area contributed by atoms with E-state index >= 15 is 0 Å². The zero-order valence-corrected chi connectivity index (χ0v) is 13.7. The summed E-state index contributed by atoms with van der Waals surface area (Å²) in [6.07, 6.45) is 4.20. The molecule has 1 amide bonds. The molecule has 1 aliphatic heterocycles. The van der Waals surface area contributed by atoms with Crippen LogP contribution in [0.5, 0.6) is 0 Å². The Kier molecular flexibility index (Phi) is 4.23. The van der Waals surface area contributed by atoms with Crippen molar-refractivity contribution >= 4 is 15.9 Å². The molecule has 1 aromatic carbocycles. The topological polar surface area (TPSA) is 57.7 Å². The second-order valence-electron chi connectivity index (χ2n) is 6.19. The van der Waals surface area contributed by atoms with Gasteiger partial charge in [0.25, 0.3) is 0 Å². The van der Waals surface area contributed by atoms with Crippen molar-refractivity contribution in [2.75, 3.05) is 19.3 Å². The first kappa shape index (κ1) is 15.5. The predicted molar refractivity (Wildman–Crippen MR) is 84.8 cm³/mol. The Morgan fingerprint density at radius 1 is 1.27 bits per heavy atom. The highest BCUT2D eigenvalue weighted by Gasteiger charge is 2.35. The first-order valence-electron chi connectivity index (χ1n) is 7.76. The van der Waals surface area contributed by atoms with Gasteiger partial charge in [-0.2, -0.15) is 4.31 Å². The van der Waals surface area contributed by atoms with Gasteiger partial charge in [-0.15, -0.1) is 0 Å². The Balaban J connectivity index is 1.59. The average molecular weight is 322 g/mol. The summed E-state index contributed by atoms with van der Waals surface area (Å²) in [6, 6.07) is 8.29. The highest BCUT2D eigenvalue weighted by atomic mass is 32.2.